The Morgan fingerprint density at radius 3 is 2.95 bits per heavy atom. The fraction of sp³-hybridized carbons (Fsp3) is 0.562. The second-order valence-electron chi connectivity index (χ2n) is 5.43. The van der Waals surface area contributed by atoms with Crippen molar-refractivity contribution in [3.8, 4) is 5.75 Å². The molecule has 1 atom stereocenters. The van der Waals surface area contributed by atoms with Gasteiger partial charge in [0.15, 0.2) is 0 Å². The minimum atomic E-state index is 0.00334. The fourth-order valence-electron chi connectivity index (χ4n) is 2.71. The molecule has 0 spiro atoms. The molecule has 4 nitrogen and oxygen atoms in total. The molecule has 0 radical (unpaired) electrons. The zero-order valence-corrected chi connectivity index (χ0v) is 12.3. The number of likely N-dealkylation sites (tertiary alicyclic amines) is 1. The van der Waals surface area contributed by atoms with Gasteiger partial charge in [-0.1, -0.05) is 17.7 Å². The van der Waals surface area contributed by atoms with Crippen LogP contribution in [0.25, 0.3) is 0 Å². The van der Waals surface area contributed by atoms with Crippen LogP contribution >= 0.6 is 0 Å². The average molecular weight is 277 g/mol. The topological polar surface area (TPSA) is 49.8 Å². The molecule has 1 aliphatic heterocycles. The molecule has 4 heteroatoms. The van der Waals surface area contributed by atoms with Crippen molar-refractivity contribution in [3.05, 3.63) is 29.3 Å². The largest absolute Gasteiger partial charge is 0.493 e. The molecular weight excluding hydrogens is 254 g/mol. The number of carbonyl (C=O) groups excluding carboxylic acids is 1. The van der Waals surface area contributed by atoms with Crippen LogP contribution in [0.1, 0.15) is 30.4 Å². The van der Waals surface area contributed by atoms with Gasteiger partial charge < -0.3 is 14.7 Å². The lowest BCUT2D eigenvalue weighted by Gasteiger charge is -2.23. The van der Waals surface area contributed by atoms with Crippen molar-refractivity contribution in [2.45, 2.75) is 39.2 Å². The van der Waals surface area contributed by atoms with Crippen molar-refractivity contribution in [1.82, 2.24) is 4.90 Å². The van der Waals surface area contributed by atoms with E-state index < -0.39 is 0 Å². The van der Waals surface area contributed by atoms with Gasteiger partial charge in [0, 0.05) is 6.54 Å². The first-order valence-electron chi connectivity index (χ1n) is 7.22. The number of aliphatic hydroxyl groups is 1. The molecule has 1 heterocycles. The lowest BCUT2D eigenvalue weighted by atomic mass is 10.1. The Hall–Kier alpha value is -1.55. The minimum absolute atomic E-state index is 0.00334. The van der Waals surface area contributed by atoms with Crippen LogP contribution in [0.15, 0.2) is 18.2 Å². The summed E-state index contributed by atoms with van der Waals surface area (Å²) in [6.45, 7) is 5.25. The van der Waals surface area contributed by atoms with Gasteiger partial charge >= 0.3 is 0 Å². The lowest BCUT2D eigenvalue weighted by molar-refractivity contribution is -0.133. The third-order valence-corrected chi connectivity index (χ3v) is 3.81. The number of aryl methyl sites for hydroxylation is 2. The monoisotopic (exact) mass is 277 g/mol. The third-order valence-electron chi connectivity index (χ3n) is 3.81. The molecule has 0 bridgehead atoms. The maximum absolute atomic E-state index is 12.1. The van der Waals surface area contributed by atoms with Crippen molar-refractivity contribution >= 4 is 5.91 Å². The number of benzene rings is 1. The van der Waals surface area contributed by atoms with Crippen LogP contribution in [0, 0.1) is 13.8 Å². The van der Waals surface area contributed by atoms with Crippen LogP contribution in [0.3, 0.4) is 0 Å². The Morgan fingerprint density at radius 2 is 2.25 bits per heavy atom. The Bertz CT molecular complexity index is 473. The number of rotatable bonds is 5. The minimum Gasteiger partial charge on any atom is -0.493 e. The highest BCUT2D eigenvalue weighted by Gasteiger charge is 2.27. The van der Waals surface area contributed by atoms with Crippen molar-refractivity contribution in [2.24, 2.45) is 0 Å². The number of hydrogen-bond acceptors (Lipinski definition) is 3. The summed E-state index contributed by atoms with van der Waals surface area (Å²) in [7, 11) is 0. The molecule has 0 aliphatic carbocycles. The maximum Gasteiger partial charge on any atom is 0.226 e. The van der Waals surface area contributed by atoms with E-state index >= 15 is 0 Å². The number of ether oxygens (including phenoxy) is 1. The Balaban J connectivity index is 1.82. The average Bonchev–Trinajstić information content (AvgIpc) is 2.89. The van der Waals surface area contributed by atoms with Crippen LogP contribution in [0.4, 0.5) is 0 Å². The predicted octanol–water partition coefficient (Wildman–Crippen LogP) is 2.06. The molecule has 20 heavy (non-hydrogen) atoms. The number of carbonyl (C=O) groups is 1. The Labute approximate surface area is 120 Å². The summed E-state index contributed by atoms with van der Waals surface area (Å²) in [5.41, 5.74) is 2.29. The second kappa shape index (κ2) is 6.75. The molecule has 1 amide bonds. The van der Waals surface area contributed by atoms with E-state index in [1.807, 2.05) is 26.0 Å². The molecule has 1 unspecified atom stereocenters. The van der Waals surface area contributed by atoms with E-state index in [4.69, 9.17) is 4.74 Å². The van der Waals surface area contributed by atoms with Gasteiger partial charge in [-0.25, -0.2) is 0 Å². The Morgan fingerprint density at radius 1 is 1.45 bits per heavy atom. The second-order valence-corrected chi connectivity index (χ2v) is 5.43. The van der Waals surface area contributed by atoms with Crippen molar-refractivity contribution < 1.29 is 14.6 Å². The van der Waals surface area contributed by atoms with Crippen molar-refractivity contribution in [2.75, 3.05) is 19.8 Å². The lowest BCUT2D eigenvalue weighted by Crippen LogP contribution is -2.38. The van der Waals surface area contributed by atoms with Gasteiger partial charge in [-0.05, 0) is 38.3 Å². The van der Waals surface area contributed by atoms with Gasteiger partial charge in [0.25, 0.3) is 0 Å². The van der Waals surface area contributed by atoms with Gasteiger partial charge in [0.1, 0.15) is 5.75 Å². The summed E-state index contributed by atoms with van der Waals surface area (Å²) in [4.78, 5) is 13.9. The number of hydrogen-bond donors (Lipinski definition) is 1. The normalized spacial score (nSPS) is 18.4. The van der Waals surface area contributed by atoms with Gasteiger partial charge in [-0.15, -0.1) is 0 Å². The van der Waals surface area contributed by atoms with E-state index in [0.717, 1.165) is 30.7 Å². The molecular formula is C16H23NO3. The smallest absolute Gasteiger partial charge is 0.226 e. The van der Waals surface area contributed by atoms with Crippen LogP contribution in [0.2, 0.25) is 0 Å². The van der Waals surface area contributed by atoms with Crippen molar-refractivity contribution in [3.63, 3.8) is 0 Å². The van der Waals surface area contributed by atoms with Crippen molar-refractivity contribution in [1.29, 1.82) is 0 Å². The van der Waals surface area contributed by atoms with E-state index in [-0.39, 0.29) is 18.6 Å². The third kappa shape index (κ3) is 3.51. The number of nitrogens with zero attached hydrogens (tertiary/aromatic N) is 1. The molecule has 1 aliphatic rings. The summed E-state index contributed by atoms with van der Waals surface area (Å²) < 4.78 is 5.68. The quantitative estimate of drug-likeness (QED) is 0.896. The zero-order chi connectivity index (χ0) is 14.5. The first-order chi connectivity index (χ1) is 9.61. The standard InChI is InChI=1S/C16H23NO3/c1-12-5-6-15(13(2)10-12)20-9-7-16(19)17-8-3-4-14(17)11-18/h5-6,10,14,18H,3-4,7-9,11H2,1-2H3. The van der Waals surface area contributed by atoms with E-state index in [1.165, 1.54) is 5.56 Å². The SMILES string of the molecule is Cc1ccc(OCCC(=O)N2CCCC2CO)c(C)c1. The first kappa shape index (κ1) is 14.9. The molecule has 2 rings (SSSR count). The van der Waals surface area contributed by atoms with Gasteiger partial charge in [0.2, 0.25) is 5.91 Å². The van der Waals surface area contributed by atoms with Crippen LogP contribution in [0.5, 0.6) is 5.75 Å². The molecule has 1 N–H and O–H groups in total. The molecule has 1 saturated heterocycles. The molecule has 1 aromatic rings. The summed E-state index contributed by atoms with van der Waals surface area (Å²) in [6, 6.07) is 6.02. The van der Waals surface area contributed by atoms with E-state index in [9.17, 15) is 9.90 Å². The summed E-state index contributed by atoms with van der Waals surface area (Å²) in [5.74, 6) is 0.912. The predicted molar refractivity (Wildman–Crippen MR) is 77.8 cm³/mol. The molecule has 0 saturated carbocycles. The van der Waals surface area contributed by atoms with Gasteiger partial charge in [-0.3, -0.25) is 4.79 Å². The van der Waals surface area contributed by atoms with Crippen LogP contribution < -0.4 is 4.74 Å². The highest BCUT2D eigenvalue weighted by molar-refractivity contribution is 5.77. The van der Waals surface area contributed by atoms with E-state index in [2.05, 4.69) is 6.07 Å². The number of aliphatic hydroxyl groups excluding tert-OH is 1. The van der Waals surface area contributed by atoms with Gasteiger partial charge in [-0.2, -0.15) is 0 Å². The van der Waals surface area contributed by atoms with E-state index in [0.29, 0.717) is 13.0 Å². The first-order valence-corrected chi connectivity index (χ1v) is 7.22. The highest BCUT2D eigenvalue weighted by atomic mass is 16.5. The maximum atomic E-state index is 12.1. The summed E-state index contributed by atoms with van der Waals surface area (Å²) in [5, 5.41) is 9.23. The molecule has 1 fully saturated rings. The highest BCUT2D eigenvalue weighted by Crippen LogP contribution is 2.20. The zero-order valence-electron chi connectivity index (χ0n) is 12.3. The number of amides is 1. The van der Waals surface area contributed by atoms with Crippen LogP contribution in [-0.4, -0.2) is 41.7 Å². The van der Waals surface area contributed by atoms with E-state index in [1.54, 1.807) is 4.90 Å². The fourth-order valence-corrected chi connectivity index (χ4v) is 2.71. The van der Waals surface area contributed by atoms with Gasteiger partial charge in [0.05, 0.1) is 25.7 Å². The summed E-state index contributed by atoms with van der Waals surface area (Å²) in [6.07, 6.45) is 2.25. The summed E-state index contributed by atoms with van der Waals surface area (Å²) >= 11 is 0. The Kier molecular flexibility index (Phi) is 5.01. The molecule has 0 aromatic heterocycles. The molecule has 110 valence electrons. The van der Waals surface area contributed by atoms with Crippen LogP contribution in [-0.2, 0) is 4.79 Å². The molecule has 1 aromatic carbocycles.